The minimum absolute atomic E-state index is 0.0113. The molecule has 2 aromatic rings. The number of amides is 2. The molecule has 2 amide bonds. The molecule has 0 radical (unpaired) electrons. The number of nitrogens with one attached hydrogen (secondary N) is 1. The standard InChI is InChI=1S/C30H38F3N3O4/c1-18-6-9-25(32)23(13-18)27-24(15-21(31)16-26(27)33)30(39,10-4-12-40-29(34)38)20-5-3-11-36(17-20)28(37)19-7-8-22(14-19)35-2/h6,9,13,15-16,19-20,22,35,39H,3-5,7-8,10-12,14,17H2,1-2H3,(H2,34,38)/t19-,20-,22+,30+/m1/s1. The lowest BCUT2D eigenvalue weighted by molar-refractivity contribution is -0.141. The zero-order chi connectivity index (χ0) is 29.0. The van der Waals surface area contributed by atoms with Gasteiger partial charge in [0.15, 0.2) is 0 Å². The monoisotopic (exact) mass is 561 g/mol. The van der Waals surface area contributed by atoms with Gasteiger partial charge in [-0.1, -0.05) is 11.6 Å². The molecule has 1 saturated heterocycles. The van der Waals surface area contributed by atoms with Gasteiger partial charge in [0.2, 0.25) is 5.91 Å². The molecular weight excluding hydrogens is 523 g/mol. The van der Waals surface area contributed by atoms with Gasteiger partial charge in [0, 0.05) is 48.2 Å². The molecule has 1 aliphatic heterocycles. The van der Waals surface area contributed by atoms with Gasteiger partial charge in [-0.25, -0.2) is 18.0 Å². The number of carbonyl (C=O) groups is 2. The summed E-state index contributed by atoms with van der Waals surface area (Å²) in [5.74, 6) is -3.34. The Morgan fingerprint density at radius 2 is 1.93 bits per heavy atom. The topological polar surface area (TPSA) is 105 Å². The number of likely N-dealkylation sites (tertiary alicyclic amines) is 1. The molecule has 0 bridgehead atoms. The molecule has 1 heterocycles. The summed E-state index contributed by atoms with van der Waals surface area (Å²) in [6.45, 7) is 2.31. The Kier molecular flexibility index (Phi) is 9.41. The Morgan fingerprint density at radius 1 is 1.15 bits per heavy atom. The van der Waals surface area contributed by atoms with E-state index in [0.29, 0.717) is 31.0 Å². The van der Waals surface area contributed by atoms with Crippen molar-refractivity contribution in [3.8, 4) is 11.1 Å². The lowest BCUT2D eigenvalue weighted by Gasteiger charge is -2.44. The van der Waals surface area contributed by atoms with Crippen molar-refractivity contribution in [3.63, 3.8) is 0 Å². The molecule has 2 fully saturated rings. The Morgan fingerprint density at radius 3 is 2.62 bits per heavy atom. The van der Waals surface area contributed by atoms with Gasteiger partial charge in [0.1, 0.15) is 17.5 Å². The van der Waals surface area contributed by atoms with Crippen molar-refractivity contribution in [2.45, 2.75) is 63.5 Å². The third-order valence-electron chi connectivity index (χ3n) is 8.46. The number of nitrogens with two attached hydrogens (primary N) is 1. The number of primary amides is 1. The van der Waals surface area contributed by atoms with Crippen LogP contribution in [0.5, 0.6) is 0 Å². The maximum atomic E-state index is 15.5. The molecule has 7 nitrogen and oxygen atoms in total. The fourth-order valence-corrected chi connectivity index (χ4v) is 6.39. The molecule has 40 heavy (non-hydrogen) atoms. The van der Waals surface area contributed by atoms with Gasteiger partial charge >= 0.3 is 6.09 Å². The van der Waals surface area contributed by atoms with Crippen LogP contribution in [0.25, 0.3) is 11.1 Å². The number of rotatable bonds is 9. The van der Waals surface area contributed by atoms with Crippen LogP contribution < -0.4 is 11.1 Å². The van der Waals surface area contributed by atoms with E-state index in [0.717, 1.165) is 25.3 Å². The highest BCUT2D eigenvalue weighted by atomic mass is 19.1. The molecule has 218 valence electrons. The third-order valence-corrected chi connectivity index (χ3v) is 8.46. The maximum absolute atomic E-state index is 15.5. The summed E-state index contributed by atoms with van der Waals surface area (Å²) in [6.07, 6.45) is 2.57. The first kappa shape index (κ1) is 29.9. The van der Waals surface area contributed by atoms with Crippen LogP contribution in [-0.4, -0.2) is 54.8 Å². The predicted molar refractivity (Wildman–Crippen MR) is 145 cm³/mol. The van der Waals surface area contributed by atoms with Gasteiger partial charge in [-0.3, -0.25) is 4.79 Å². The Balaban J connectivity index is 1.74. The minimum Gasteiger partial charge on any atom is -0.450 e. The Labute approximate surface area is 232 Å². The molecule has 1 saturated carbocycles. The van der Waals surface area contributed by atoms with Crippen molar-refractivity contribution in [1.29, 1.82) is 0 Å². The number of nitrogens with zero attached hydrogens (tertiary/aromatic N) is 1. The van der Waals surface area contributed by atoms with E-state index in [4.69, 9.17) is 10.5 Å². The predicted octanol–water partition coefficient (Wildman–Crippen LogP) is 4.77. The second kappa shape index (κ2) is 12.6. The summed E-state index contributed by atoms with van der Waals surface area (Å²) in [4.78, 5) is 26.3. The second-order valence-electron chi connectivity index (χ2n) is 11.1. The van der Waals surface area contributed by atoms with E-state index in [-0.39, 0.29) is 60.6 Å². The van der Waals surface area contributed by atoms with E-state index in [1.807, 2.05) is 7.05 Å². The van der Waals surface area contributed by atoms with Gasteiger partial charge in [-0.2, -0.15) is 0 Å². The average Bonchev–Trinajstić information content (AvgIpc) is 3.41. The van der Waals surface area contributed by atoms with Gasteiger partial charge in [-0.15, -0.1) is 0 Å². The van der Waals surface area contributed by atoms with E-state index in [2.05, 4.69) is 5.32 Å². The second-order valence-corrected chi connectivity index (χ2v) is 11.1. The largest absolute Gasteiger partial charge is 0.450 e. The van der Waals surface area contributed by atoms with Crippen molar-refractivity contribution in [2.24, 2.45) is 17.6 Å². The van der Waals surface area contributed by atoms with Crippen molar-refractivity contribution < 1.29 is 32.6 Å². The summed E-state index contributed by atoms with van der Waals surface area (Å²) in [7, 11) is 1.88. The number of hydrogen-bond acceptors (Lipinski definition) is 5. The van der Waals surface area contributed by atoms with Crippen LogP contribution in [0.4, 0.5) is 18.0 Å². The summed E-state index contributed by atoms with van der Waals surface area (Å²) in [6, 6.07) is 6.20. The molecule has 4 rings (SSSR count). The fourth-order valence-electron chi connectivity index (χ4n) is 6.39. The van der Waals surface area contributed by atoms with Crippen LogP contribution in [-0.2, 0) is 15.1 Å². The molecular formula is C30H38F3N3O4. The quantitative estimate of drug-likeness (QED) is 0.383. The lowest BCUT2D eigenvalue weighted by Crippen LogP contribution is -2.49. The Bertz CT molecular complexity index is 1240. The third kappa shape index (κ3) is 6.44. The van der Waals surface area contributed by atoms with E-state index in [1.165, 1.54) is 12.1 Å². The number of aliphatic hydroxyl groups is 1. The first-order valence-electron chi connectivity index (χ1n) is 13.9. The molecule has 0 unspecified atom stereocenters. The number of halogens is 3. The fraction of sp³-hybridized carbons (Fsp3) is 0.533. The normalized spacial score (nSPS) is 22.6. The number of benzene rings is 2. The maximum Gasteiger partial charge on any atom is 0.404 e. The number of ether oxygens (including phenoxy) is 1. The van der Waals surface area contributed by atoms with Crippen LogP contribution in [0.15, 0.2) is 30.3 Å². The molecule has 2 aliphatic rings. The average molecular weight is 562 g/mol. The van der Waals surface area contributed by atoms with E-state index >= 15 is 8.78 Å². The van der Waals surface area contributed by atoms with E-state index < -0.39 is 35.1 Å². The molecule has 1 aliphatic carbocycles. The number of piperidine rings is 1. The smallest absolute Gasteiger partial charge is 0.404 e. The summed E-state index contributed by atoms with van der Waals surface area (Å²) in [5, 5.41) is 15.6. The summed E-state index contributed by atoms with van der Waals surface area (Å²) >= 11 is 0. The zero-order valence-corrected chi connectivity index (χ0v) is 23.0. The van der Waals surface area contributed by atoms with E-state index in [1.54, 1.807) is 17.9 Å². The molecule has 0 aromatic heterocycles. The van der Waals surface area contributed by atoms with E-state index in [9.17, 15) is 19.1 Å². The Hall–Kier alpha value is -3.11. The van der Waals surface area contributed by atoms with Crippen LogP contribution in [0.3, 0.4) is 0 Å². The highest BCUT2D eigenvalue weighted by Crippen LogP contribution is 2.45. The SMILES string of the molecule is CN[C@H]1CC[C@@H](C(=O)N2CCC[C@@H]([C@@](O)(CCCOC(N)=O)c3cc(F)cc(F)c3-c3cc(C)ccc3F)C2)C1. The van der Waals surface area contributed by atoms with Crippen LogP contribution in [0, 0.1) is 36.2 Å². The van der Waals surface area contributed by atoms with Crippen molar-refractivity contribution in [1.82, 2.24) is 10.2 Å². The molecule has 10 heteroatoms. The van der Waals surface area contributed by atoms with Crippen LogP contribution in [0.1, 0.15) is 56.1 Å². The van der Waals surface area contributed by atoms with Crippen molar-refractivity contribution >= 4 is 12.0 Å². The lowest BCUT2D eigenvalue weighted by atomic mass is 9.72. The zero-order valence-electron chi connectivity index (χ0n) is 23.0. The molecule has 4 N–H and O–H groups in total. The van der Waals surface area contributed by atoms with Crippen molar-refractivity contribution in [3.05, 3.63) is 58.9 Å². The summed E-state index contributed by atoms with van der Waals surface area (Å²) < 4.78 is 50.2. The number of hydrogen-bond donors (Lipinski definition) is 3. The van der Waals surface area contributed by atoms with Gasteiger partial charge in [0.25, 0.3) is 0 Å². The van der Waals surface area contributed by atoms with Crippen molar-refractivity contribution in [2.75, 3.05) is 26.7 Å². The van der Waals surface area contributed by atoms with Crippen LogP contribution in [0.2, 0.25) is 0 Å². The first-order chi connectivity index (χ1) is 19.0. The van der Waals surface area contributed by atoms with Crippen LogP contribution >= 0.6 is 0 Å². The number of aryl methyl sites for hydroxylation is 1. The summed E-state index contributed by atoms with van der Waals surface area (Å²) in [5.41, 5.74) is 3.47. The van der Waals surface area contributed by atoms with Gasteiger partial charge in [-0.05, 0) is 82.7 Å². The first-order valence-corrected chi connectivity index (χ1v) is 13.9. The number of carbonyl (C=O) groups excluding carboxylic acids is 2. The molecule has 4 atom stereocenters. The minimum atomic E-state index is -1.86. The molecule has 0 spiro atoms. The molecule has 2 aromatic carbocycles. The highest BCUT2D eigenvalue weighted by molar-refractivity contribution is 5.79. The highest BCUT2D eigenvalue weighted by Gasteiger charge is 2.45. The van der Waals surface area contributed by atoms with Gasteiger partial charge < -0.3 is 25.8 Å². The van der Waals surface area contributed by atoms with Gasteiger partial charge in [0.05, 0.1) is 12.2 Å².